The van der Waals surface area contributed by atoms with Gasteiger partial charge in [-0.2, -0.15) is 0 Å². The molecule has 0 aromatic heterocycles. The molecular formula is C23H32N2O4S. The van der Waals surface area contributed by atoms with E-state index in [1.165, 1.54) is 9.87 Å². The molecule has 0 heterocycles. The molecule has 0 fully saturated rings. The Morgan fingerprint density at radius 2 is 1.80 bits per heavy atom. The zero-order valence-corrected chi connectivity index (χ0v) is 19.3. The van der Waals surface area contributed by atoms with Crippen LogP contribution in [0.5, 0.6) is 5.75 Å². The van der Waals surface area contributed by atoms with Crippen molar-refractivity contribution in [2.24, 2.45) is 0 Å². The van der Waals surface area contributed by atoms with Crippen LogP contribution in [0.4, 0.5) is 5.69 Å². The first-order valence-electron chi connectivity index (χ1n) is 10.2. The largest absolute Gasteiger partial charge is 0.492 e. The quantitative estimate of drug-likeness (QED) is 0.582. The highest BCUT2D eigenvalue weighted by atomic mass is 32.2. The molecule has 0 unspecified atom stereocenters. The predicted octanol–water partition coefficient (Wildman–Crippen LogP) is 3.61. The molecule has 0 saturated carbocycles. The highest BCUT2D eigenvalue weighted by Gasteiger charge is 2.30. The smallest absolute Gasteiger partial charge is 0.243 e. The number of nitrogens with one attached hydrogen (secondary N) is 1. The van der Waals surface area contributed by atoms with Gasteiger partial charge in [0, 0.05) is 0 Å². The Hall–Kier alpha value is -2.54. The van der Waals surface area contributed by atoms with Crippen molar-refractivity contribution in [2.45, 2.75) is 46.6 Å². The van der Waals surface area contributed by atoms with E-state index in [1.54, 1.807) is 13.0 Å². The number of benzene rings is 2. The second-order valence-electron chi connectivity index (χ2n) is 7.56. The minimum atomic E-state index is -3.64. The van der Waals surface area contributed by atoms with Gasteiger partial charge in [-0.3, -0.25) is 9.10 Å². The number of carbonyl (C=O) groups is 1. The van der Waals surface area contributed by atoms with E-state index in [1.807, 2.05) is 50.2 Å². The highest BCUT2D eigenvalue weighted by Crippen LogP contribution is 2.26. The Morgan fingerprint density at radius 3 is 2.40 bits per heavy atom. The molecule has 1 N–H and O–H groups in total. The van der Waals surface area contributed by atoms with E-state index in [-0.39, 0.29) is 12.5 Å². The molecule has 30 heavy (non-hydrogen) atoms. The molecule has 0 aliphatic carbocycles. The minimum Gasteiger partial charge on any atom is -0.492 e. The third-order valence-corrected chi connectivity index (χ3v) is 6.05. The van der Waals surface area contributed by atoms with E-state index >= 15 is 0 Å². The van der Waals surface area contributed by atoms with E-state index in [0.29, 0.717) is 12.3 Å². The standard InChI is InChI=1S/C23H32N2O4S/c1-6-7-20-10-12-21(13-11-20)29-15-14-24-23(26)19(4)25(30(5,27)28)22-16-17(2)8-9-18(22)3/h8-13,16,19H,6-7,14-15H2,1-5H3,(H,24,26)/t19-/m0/s1. The van der Waals surface area contributed by atoms with Crippen LogP contribution < -0.4 is 14.4 Å². The Bertz CT molecular complexity index is 956. The second kappa shape index (κ2) is 10.5. The first-order chi connectivity index (χ1) is 14.1. The lowest BCUT2D eigenvalue weighted by atomic mass is 10.1. The molecule has 164 valence electrons. The molecule has 1 amide bonds. The summed E-state index contributed by atoms with van der Waals surface area (Å²) in [5, 5.41) is 2.77. The topological polar surface area (TPSA) is 75.7 Å². The number of anilines is 1. The molecule has 2 aromatic rings. The van der Waals surface area contributed by atoms with Gasteiger partial charge in [0.2, 0.25) is 15.9 Å². The number of hydrogen-bond acceptors (Lipinski definition) is 4. The maximum absolute atomic E-state index is 12.7. The van der Waals surface area contributed by atoms with Crippen molar-refractivity contribution in [3.63, 3.8) is 0 Å². The van der Waals surface area contributed by atoms with Gasteiger partial charge in [0.15, 0.2) is 0 Å². The average molecular weight is 433 g/mol. The Labute approximate surface area is 180 Å². The fourth-order valence-corrected chi connectivity index (χ4v) is 4.49. The summed E-state index contributed by atoms with van der Waals surface area (Å²) in [5.74, 6) is 0.369. The van der Waals surface area contributed by atoms with Crippen LogP contribution in [0.25, 0.3) is 0 Å². The van der Waals surface area contributed by atoms with E-state index in [2.05, 4.69) is 12.2 Å². The maximum Gasteiger partial charge on any atom is 0.243 e. The van der Waals surface area contributed by atoms with E-state index in [4.69, 9.17) is 4.74 Å². The SMILES string of the molecule is CCCc1ccc(OCCNC(=O)[C@H](C)N(c2cc(C)ccc2C)S(C)(=O)=O)cc1. The summed E-state index contributed by atoms with van der Waals surface area (Å²) in [5.41, 5.74) is 3.50. The fourth-order valence-electron chi connectivity index (χ4n) is 3.27. The van der Waals surface area contributed by atoms with E-state index in [9.17, 15) is 13.2 Å². The number of ether oxygens (including phenoxy) is 1. The number of amides is 1. The van der Waals surface area contributed by atoms with E-state index < -0.39 is 16.1 Å². The molecule has 0 aliphatic rings. The highest BCUT2D eigenvalue weighted by molar-refractivity contribution is 7.92. The molecule has 0 saturated heterocycles. The Morgan fingerprint density at radius 1 is 1.13 bits per heavy atom. The zero-order valence-electron chi connectivity index (χ0n) is 18.4. The monoisotopic (exact) mass is 432 g/mol. The van der Waals surface area contributed by atoms with Crippen LogP contribution in [0.3, 0.4) is 0 Å². The van der Waals surface area contributed by atoms with E-state index in [0.717, 1.165) is 36.0 Å². The van der Waals surface area contributed by atoms with Crippen LogP contribution in [-0.2, 0) is 21.2 Å². The van der Waals surface area contributed by atoms with Gasteiger partial charge in [0.05, 0.1) is 18.5 Å². The summed E-state index contributed by atoms with van der Waals surface area (Å²) in [6, 6.07) is 12.6. The fraction of sp³-hybridized carbons (Fsp3) is 0.435. The third-order valence-electron chi connectivity index (χ3n) is 4.82. The van der Waals surface area contributed by atoms with Crippen LogP contribution >= 0.6 is 0 Å². The zero-order chi connectivity index (χ0) is 22.3. The lowest BCUT2D eigenvalue weighted by Gasteiger charge is -2.29. The van der Waals surface area contributed by atoms with Gasteiger partial charge in [-0.15, -0.1) is 0 Å². The first-order valence-corrected chi connectivity index (χ1v) is 12.0. The number of rotatable bonds is 10. The minimum absolute atomic E-state index is 0.282. The maximum atomic E-state index is 12.7. The third kappa shape index (κ3) is 6.49. The van der Waals surface area contributed by atoms with Crippen LogP contribution in [0.1, 0.15) is 37.0 Å². The van der Waals surface area contributed by atoms with Crippen molar-refractivity contribution in [3.8, 4) is 5.75 Å². The van der Waals surface area contributed by atoms with Gasteiger partial charge in [-0.1, -0.05) is 37.6 Å². The van der Waals surface area contributed by atoms with Crippen LogP contribution in [0, 0.1) is 13.8 Å². The molecule has 6 nitrogen and oxygen atoms in total. The van der Waals surface area contributed by atoms with Gasteiger partial charge >= 0.3 is 0 Å². The summed E-state index contributed by atoms with van der Waals surface area (Å²) < 4.78 is 31.8. The van der Waals surface area contributed by atoms with Crippen LogP contribution in [0.15, 0.2) is 42.5 Å². The first kappa shape index (κ1) is 23.7. The average Bonchev–Trinajstić information content (AvgIpc) is 2.68. The van der Waals surface area contributed by atoms with Crippen molar-refractivity contribution < 1.29 is 17.9 Å². The van der Waals surface area contributed by atoms with Crippen molar-refractivity contribution in [1.82, 2.24) is 5.32 Å². The van der Waals surface area contributed by atoms with Crippen molar-refractivity contribution in [1.29, 1.82) is 0 Å². The molecule has 0 radical (unpaired) electrons. The molecule has 2 aromatic carbocycles. The number of carbonyl (C=O) groups excluding carboxylic acids is 1. The lowest BCUT2D eigenvalue weighted by Crippen LogP contribution is -2.48. The van der Waals surface area contributed by atoms with Crippen LogP contribution in [-0.4, -0.2) is 39.8 Å². The Kier molecular flexibility index (Phi) is 8.29. The number of aryl methyl sites for hydroxylation is 3. The predicted molar refractivity (Wildman–Crippen MR) is 122 cm³/mol. The van der Waals surface area contributed by atoms with Crippen molar-refractivity contribution in [3.05, 3.63) is 59.2 Å². The van der Waals surface area contributed by atoms with Gasteiger partial charge < -0.3 is 10.1 Å². The normalized spacial score (nSPS) is 12.3. The van der Waals surface area contributed by atoms with Gasteiger partial charge in [0.25, 0.3) is 0 Å². The number of nitrogens with zero attached hydrogens (tertiary/aromatic N) is 1. The molecule has 0 bridgehead atoms. The number of hydrogen-bond donors (Lipinski definition) is 1. The summed E-state index contributed by atoms with van der Waals surface area (Å²) in [6.45, 7) is 8.03. The lowest BCUT2D eigenvalue weighted by molar-refractivity contribution is -0.121. The molecule has 0 aliphatic heterocycles. The molecular weight excluding hydrogens is 400 g/mol. The Balaban J connectivity index is 1.98. The van der Waals surface area contributed by atoms with Gasteiger partial charge in [-0.05, 0) is 62.1 Å². The van der Waals surface area contributed by atoms with Crippen LogP contribution in [0.2, 0.25) is 0 Å². The van der Waals surface area contributed by atoms with Gasteiger partial charge in [-0.25, -0.2) is 8.42 Å². The molecule has 1 atom stereocenters. The number of sulfonamides is 1. The summed E-state index contributed by atoms with van der Waals surface area (Å²) in [6.07, 6.45) is 3.24. The van der Waals surface area contributed by atoms with Crippen molar-refractivity contribution >= 4 is 21.6 Å². The summed E-state index contributed by atoms with van der Waals surface area (Å²) in [4.78, 5) is 12.7. The van der Waals surface area contributed by atoms with Gasteiger partial charge in [0.1, 0.15) is 18.4 Å². The second-order valence-corrected chi connectivity index (χ2v) is 9.42. The molecule has 2 rings (SSSR count). The molecule has 7 heteroatoms. The molecule has 0 spiro atoms. The summed E-state index contributed by atoms with van der Waals surface area (Å²) in [7, 11) is -3.64. The summed E-state index contributed by atoms with van der Waals surface area (Å²) >= 11 is 0. The van der Waals surface area contributed by atoms with Crippen molar-refractivity contribution in [2.75, 3.05) is 23.7 Å².